The van der Waals surface area contributed by atoms with Crippen LogP contribution < -0.4 is 0 Å². The van der Waals surface area contributed by atoms with Crippen LogP contribution in [0.3, 0.4) is 0 Å². The van der Waals surface area contributed by atoms with E-state index in [1.807, 2.05) is 30.3 Å². The van der Waals surface area contributed by atoms with E-state index >= 15 is 0 Å². The Labute approximate surface area is 140 Å². The Morgan fingerprint density at radius 1 is 1.33 bits per heavy atom. The Kier molecular flexibility index (Phi) is 4.64. The van der Waals surface area contributed by atoms with Crippen molar-refractivity contribution in [3.63, 3.8) is 0 Å². The number of hydrogen-bond acceptors (Lipinski definition) is 3. The van der Waals surface area contributed by atoms with E-state index < -0.39 is 17.9 Å². The van der Waals surface area contributed by atoms with Crippen molar-refractivity contribution in [2.24, 2.45) is 13.0 Å². The number of carboxylic acid groups (broad SMARTS) is 1. The summed E-state index contributed by atoms with van der Waals surface area (Å²) in [5.74, 6) is -1.44. The number of hydrogen-bond donors (Lipinski definition) is 1. The molecular weight excluding hydrogens is 306 g/mol. The highest BCUT2D eigenvalue weighted by Gasteiger charge is 2.41. The van der Waals surface area contributed by atoms with Gasteiger partial charge in [-0.15, -0.1) is 0 Å². The van der Waals surface area contributed by atoms with Crippen molar-refractivity contribution >= 4 is 11.9 Å². The molecule has 0 aliphatic carbocycles. The van der Waals surface area contributed by atoms with Gasteiger partial charge in [0.25, 0.3) is 0 Å². The van der Waals surface area contributed by atoms with Gasteiger partial charge in [0, 0.05) is 31.8 Å². The van der Waals surface area contributed by atoms with Crippen molar-refractivity contribution in [2.75, 3.05) is 6.54 Å². The zero-order valence-corrected chi connectivity index (χ0v) is 13.6. The molecule has 2 heterocycles. The highest BCUT2D eigenvalue weighted by atomic mass is 16.4. The first-order chi connectivity index (χ1) is 11.6. The summed E-state index contributed by atoms with van der Waals surface area (Å²) in [6.07, 6.45) is 4.82. The topological polar surface area (TPSA) is 75.4 Å². The number of carbonyl (C=O) groups excluding carboxylic acids is 1. The number of aromatic nitrogens is 2. The zero-order chi connectivity index (χ0) is 17.1. The van der Waals surface area contributed by atoms with Gasteiger partial charge >= 0.3 is 5.97 Å². The summed E-state index contributed by atoms with van der Waals surface area (Å²) in [7, 11) is 1.79. The number of likely N-dealkylation sites (tertiary alicyclic amines) is 1. The van der Waals surface area contributed by atoms with Crippen LogP contribution in [0.25, 0.3) is 0 Å². The fourth-order valence-electron chi connectivity index (χ4n) is 3.37. The van der Waals surface area contributed by atoms with E-state index in [4.69, 9.17) is 0 Å². The Balaban J connectivity index is 1.86. The fourth-order valence-corrected chi connectivity index (χ4v) is 3.37. The van der Waals surface area contributed by atoms with Gasteiger partial charge in [-0.1, -0.05) is 30.3 Å². The number of nitrogens with zero attached hydrogens (tertiary/aromatic N) is 3. The maximum Gasteiger partial charge on any atom is 0.308 e. The minimum atomic E-state index is -0.860. The van der Waals surface area contributed by atoms with Crippen LogP contribution in [0, 0.1) is 5.92 Å². The molecule has 2 aromatic rings. The first-order valence-electron chi connectivity index (χ1n) is 8.11. The number of aliphatic carboxylic acids is 1. The zero-order valence-electron chi connectivity index (χ0n) is 13.6. The summed E-state index contributed by atoms with van der Waals surface area (Å²) in [5.41, 5.74) is 1.92. The van der Waals surface area contributed by atoms with Crippen molar-refractivity contribution in [1.29, 1.82) is 0 Å². The summed E-state index contributed by atoms with van der Waals surface area (Å²) in [6, 6.07) is 9.46. The van der Waals surface area contributed by atoms with Gasteiger partial charge < -0.3 is 10.0 Å². The molecule has 6 heteroatoms. The molecule has 1 fully saturated rings. The number of carboxylic acids is 1. The van der Waals surface area contributed by atoms with Gasteiger partial charge in [0.2, 0.25) is 5.91 Å². The number of piperidine rings is 1. The maximum absolute atomic E-state index is 12.5. The summed E-state index contributed by atoms with van der Waals surface area (Å²) in [6.45, 7) is 0.506. The lowest BCUT2D eigenvalue weighted by molar-refractivity contribution is -0.152. The molecule has 1 saturated heterocycles. The SMILES string of the molecule is Cn1cc([C@H]2[C@H](C(=O)O)CCC(=O)N2CCc2ccccc2)cn1. The fraction of sp³-hybridized carbons (Fsp3) is 0.389. The van der Waals surface area contributed by atoms with Crippen molar-refractivity contribution < 1.29 is 14.7 Å². The van der Waals surface area contributed by atoms with E-state index in [9.17, 15) is 14.7 Å². The first-order valence-corrected chi connectivity index (χ1v) is 8.11. The third kappa shape index (κ3) is 3.32. The third-order valence-electron chi connectivity index (χ3n) is 4.57. The molecule has 1 aliphatic heterocycles. The number of rotatable bonds is 5. The van der Waals surface area contributed by atoms with Crippen molar-refractivity contribution in [3.05, 3.63) is 53.9 Å². The van der Waals surface area contributed by atoms with Gasteiger partial charge in [-0.2, -0.15) is 5.10 Å². The van der Waals surface area contributed by atoms with Gasteiger partial charge in [0.1, 0.15) is 0 Å². The molecule has 1 aliphatic rings. The van der Waals surface area contributed by atoms with Gasteiger partial charge in [0.05, 0.1) is 18.2 Å². The molecule has 6 nitrogen and oxygen atoms in total. The van der Waals surface area contributed by atoms with Crippen LogP contribution in [0.2, 0.25) is 0 Å². The van der Waals surface area contributed by atoms with E-state index in [2.05, 4.69) is 5.10 Å². The van der Waals surface area contributed by atoms with Crippen LogP contribution >= 0.6 is 0 Å². The van der Waals surface area contributed by atoms with Gasteiger partial charge in [-0.25, -0.2) is 0 Å². The molecule has 2 atom stereocenters. The molecule has 1 aromatic heterocycles. The first kappa shape index (κ1) is 16.2. The van der Waals surface area contributed by atoms with Gasteiger partial charge in [0.15, 0.2) is 0 Å². The molecule has 1 N–H and O–H groups in total. The standard InChI is InChI=1S/C18H21N3O3/c1-20-12-14(11-19-20)17-15(18(23)24)7-8-16(22)21(17)10-9-13-5-3-2-4-6-13/h2-6,11-12,15,17H,7-10H2,1H3,(H,23,24)/t15-,17+/m1/s1. The van der Waals surface area contributed by atoms with Crippen molar-refractivity contribution in [1.82, 2.24) is 14.7 Å². The predicted octanol–water partition coefficient (Wildman–Crippen LogP) is 2.03. The Hall–Kier alpha value is -2.63. The van der Waals surface area contributed by atoms with E-state index in [-0.39, 0.29) is 12.3 Å². The predicted molar refractivity (Wildman–Crippen MR) is 88.2 cm³/mol. The molecule has 0 bridgehead atoms. The molecule has 0 spiro atoms. The molecule has 0 unspecified atom stereocenters. The minimum absolute atomic E-state index is 0.0114. The molecule has 0 saturated carbocycles. The van der Waals surface area contributed by atoms with E-state index in [1.165, 1.54) is 0 Å². The number of aryl methyl sites for hydroxylation is 1. The minimum Gasteiger partial charge on any atom is -0.481 e. The normalized spacial score (nSPS) is 21.0. The second kappa shape index (κ2) is 6.86. The van der Waals surface area contributed by atoms with E-state index in [0.717, 1.165) is 11.1 Å². The monoisotopic (exact) mass is 327 g/mol. The Morgan fingerprint density at radius 2 is 2.08 bits per heavy atom. The average Bonchev–Trinajstić information content (AvgIpc) is 3.00. The lowest BCUT2D eigenvalue weighted by Crippen LogP contribution is -2.46. The lowest BCUT2D eigenvalue weighted by Gasteiger charge is -2.39. The Morgan fingerprint density at radius 3 is 2.71 bits per heavy atom. The largest absolute Gasteiger partial charge is 0.481 e. The van der Waals surface area contributed by atoms with Crippen LogP contribution in [0.5, 0.6) is 0 Å². The molecular formula is C18H21N3O3. The van der Waals surface area contributed by atoms with Crippen LogP contribution in [0.4, 0.5) is 0 Å². The average molecular weight is 327 g/mol. The van der Waals surface area contributed by atoms with Gasteiger partial charge in [-0.3, -0.25) is 14.3 Å². The summed E-state index contributed by atoms with van der Waals surface area (Å²) in [5, 5.41) is 13.8. The molecule has 24 heavy (non-hydrogen) atoms. The van der Waals surface area contributed by atoms with E-state index in [1.54, 1.807) is 29.0 Å². The van der Waals surface area contributed by atoms with Crippen LogP contribution in [-0.2, 0) is 23.1 Å². The summed E-state index contributed by atoms with van der Waals surface area (Å²) in [4.78, 5) is 25.9. The Bertz CT molecular complexity index is 726. The second-order valence-electron chi connectivity index (χ2n) is 6.20. The number of benzene rings is 1. The molecule has 3 rings (SSSR count). The van der Waals surface area contributed by atoms with E-state index in [0.29, 0.717) is 19.4 Å². The lowest BCUT2D eigenvalue weighted by atomic mass is 9.85. The van der Waals surface area contributed by atoms with Crippen LogP contribution in [0.15, 0.2) is 42.7 Å². The van der Waals surface area contributed by atoms with Crippen LogP contribution in [-0.4, -0.2) is 38.2 Å². The molecule has 126 valence electrons. The summed E-state index contributed by atoms with van der Waals surface area (Å²) >= 11 is 0. The van der Waals surface area contributed by atoms with Crippen LogP contribution in [0.1, 0.15) is 30.0 Å². The quantitative estimate of drug-likeness (QED) is 0.912. The smallest absolute Gasteiger partial charge is 0.308 e. The second-order valence-corrected chi connectivity index (χ2v) is 6.20. The maximum atomic E-state index is 12.5. The highest BCUT2D eigenvalue weighted by molar-refractivity contribution is 5.81. The highest BCUT2D eigenvalue weighted by Crippen LogP contribution is 2.36. The third-order valence-corrected chi connectivity index (χ3v) is 4.57. The van der Waals surface area contributed by atoms with Crippen molar-refractivity contribution in [3.8, 4) is 0 Å². The van der Waals surface area contributed by atoms with Gasteiger partial charge in [-0.05, 0) is 18.4 Å². The number of amides is 1. The number of carbonyl (C=O) groups is 2. The van der Waals surface area contributed by atoms with Crippen molar-refractivity contribution in [2.45, 2.75) is 25.3 Å². The molecule has 1 aromatic carbocycles. The molecule has 0 radical (unpaired) electrons. The molecule has 1 amide bonds. The summed E-state index contributed by atoms with van der Waals surface area (Å²) < 4.78 is 1.64.